The molecule has 32 heavy (non-hydrogen) atoms. The van der Waals surface area contributed by atoms with Gasteiger partial charge in [-0.3, -0.25) is 9.78 Å². The van der Waals surface area contributed by atoms with Gasteiger partial charge in [-0.1, -0.05) is 13.0 Å². The van der Waals surface area contributed by atoms with Crippen LogP contribution in [-0.2, 0) is 13.0 Å². The Morgan fingerprint density at radius 1 is 1.09 bits per heavy atom. The number of nitrogens with one attached hydrogen (secondary N) is 2. The molecule has 4 heterocycles. The smallest absolute Gasteiger partial charge is 0.273 e. The highest BCUT2D eigenvalue weighted by atomic mass is 16.2. The monoisotopic (exact) mass is 426 g/mol. The molecule has 162 valence electrons. The Labute approximate surface area is 186 Å². The maximum absolute atomic E-state index is 13.0. The number of carbonyl (C=O) groups excluding carboxylic acids is 1. The van der Waals surface area contributed by atoms with Gasteiger partial charge in [-0.15, -0.1) is 0 Å². The van der Waals surface area contributed by atoms with Crippen molar-refractivity contribution in [3.05, 3.63) is 66.0 Å². The Balaban J connectivity index is 1.44. The van der Waals surface area contributed by atoms with Gasteiger partial charge in [0.15, 0.2) is 0 Å². The number of benzene rings is 1. The lowest BCUT2D eigenvalue weighted by Crippen LogP contribution is -2.24. The number of nitrogens with zero attached hydrogens (tertiary/aromatic N) is 4. The summed E-state index contributed by atoms with van der Waals surface area (Å²) in [4.78, 5) is 26.5. The normalized spacial score (nSPS) is 15.4. The predicted molar refractivity (Wildman–Crippen MR) is 127 cm³/mol. The number of fused-ring (bicyclic) bond motifs is 2. The van der Waals surface area contributed by atoms with Crippen LogP contribution in [0.1, 0.15) is 35.2 Å². The van der Waals surface area contributed by atoms with E-state index in [9.17, 15) is 4.79 Å². The van der Waals surface area contributed by atoms with E-state index in [-0.39, 0.29) is 5.91 Å². The Morgan fingerprint density at radius 3 is 2.81 bits per heavy atom. The SMILES string of the molecule is CNc1cc2ncc(-c3cc(NC(=O)c4cnc5n4CC(C)CC5)ccc3C)cc2cn1. The third-order valence-corrected chi connectivity index (χ3v) is 6.15. The quantitative estimate of drug-likeness (QED) is 0.495. The van der Waals surface area contributed by atoms with E-state index in [0.717, 1.165) is 64.3 Å². The van der Waals surface area contributed by atoms with Crippen molar-refractivity contribution in [2.75, 3.05) is 17.7 Å². The molecule has 1 amide bonds. The van der Waals surface area contributed by atoms with Crippen LogP contribution < -0.4 is 10.6 Å². The van der Waals surface area contributed by atoms with Crippen molar-refractivity contribution in [2.24, 2.45) is 5.92 Å². The van der Waals surface area contributed by atoms with Crippen LogP contribution in [0.5, 0.6) is 0 Å². The average Bonchev–Trinajstić information content (AvgIpc) is 3.22. The first-order chi connectivity index (χ1) is 15.5. The fourth-order valence-corrected chi connectivity index (χ4v) is 4.29. The molecule has 0 spiro atoms. The second kappa shape index (κ2) is 8.07. The number of amides is 1. The number of pyridine rings is 2. The van der Waals surface area contributed by atoms with Gasteiger partial charge in [0.25, 0.3) is 5.91 Å². The maximum Gasteiger partial charge on any atom is 0.273 e. The Morgan fingerprint density at radius 2 is 1.97 bits per heavy atom. The molecular formula is C25H26N6O. The van der Waals surface area contributed by atoms with Crippen molar-refractivity contribution in [3.63, 3.8) is 0 Å². The topological polar surface area (TPSA) is 84.7 Å². The molecule has 5 rings (SSSR count). The Hall–Kier alpha value is -3.74. The molecule has 7 heteroatoms. The van der Waals surface area contributed by atoms with E-state index in [4.69, 9.17) is 0 Å². The maximum atomic E-state index is 13.0. The molecule has 0 saturated carbocycles. The number of aromatic nitrogens is 4. The first kappa shape index (κ1) is 20.2. The second-order valence-corrected chi connectivity index (χ2v) is 8.53. The highest BCUT2D eigenvalue weighted by molar-refractivity contribution is 6.03. The number of carbonyl (C=O) groups is 1. The van der Waals surface area contributed by atoms with Crippen molar-refractivity contribution in [1.29, 1.82) is 0 Å². The molecule has 0 radical (unpaired) electrons. The third kappa shape index (κ3) is 3.70. The van der Waals surface area contributed by atoms with Gasteiger partial charge < -0.3 is 15.2 Å². The summed E-state index contributed by atoms with van der Waals surface area (Å²) < 4.78 is 2.05. The zero-order valence-electron chi connectivity index (χ0n) is 18.5. The minimum Gasteiger partial charge on any atom is -0.373 e. The summed E-state index contributed by atoms with van der Waals surface area (Å²) in [6.45, 7) is 5.11. The van der Waals surface area contributed by atoms with E-state index in [1.165, 1.54) is 0 Å². The molecule has 0 fully saturated rings. The van der Waals surface area contributed by atoms with Gasteiger partial charge in [0.05, 0.1) is 11.7 Å². The molecular weight excluding hydrogens is 400 g/mol. The zero-order valence-corrected chi connectivity index (χ0v) is 18.5. The molecule has 1 aliphatic heterocycles. The molecule has 0 bridgehead atoms. The number of imidazole rings is 1. The zero-order chi connectivity index (χ0) is 22.2. The van der Waals surface area contributed by atoms with Gasteiger partial charge in [0.2, 0.25) is 0 Å². The summed E-state index contributed by atoms with van der Waals surface area (Å²) in [6, 6.07) is 9.96. The third-order valence-electron chi connectivity index (χ3n) is 6.15. The molecule has 1 aromatic carbocycles. The van der Waals surface area contributed by atoms with E-state index in [2.05, 4.69) is 50.1 Å². The lowest BCUT2D eigenvalue weighted by molar-refractivity contribution is 0.101. The number of anilines is 2. The molecule has 0 saturated heterocycles. The molecule has 0 aliphatic carbocycles. The van der Waals surface area contributed by atoms with Crippen LogP contribution in [-0.4, -0.2) is 32.5 Å². The van der Waals surface area contributed by atoms with Gasteiger partial charge in [-0.25, -0.2) is 9.97 Å². The highest BCUT2D eigenvalue weighted by Crippen LogP contribution is 2.29. The molecule has 7 nitrogen and oxygen atoms in total. The average molecular weight is 427 g/mol. The first-order valence-corrected chi connectivity index (χ1v) is 10.9. The number of aryl methyl sites for hydroxylation is 2. The van der Waals surface area contributed by atoms with E-state index in [0.29, 0.717) is 11.6 Å². The molecule has 1 atom stereocenters. The summed E-state index contributed by atoms with van der Waals surface area (Å²) in [5.41, 5.74) is 5.38. The molecule has 4 aromatic rings. The molecule has 1 aliphatic rings. The van der Waals surface area contributed by atoms with Gasteiger partial charge in [-0.05, 0) is 48.6 Å². The largest absolute Gasteiger partial charge is 0.373 e. The van der Waals surface area contributed by atoms with Crippen molar-refractivity contribution < 1.29 is 4.79 Å². The first-order valence-electron chi connectivity index (χ1n) is 10.9. The summed E-state index contributed by atoms with van der Waals surface area (Å²) >= 11 is 0. The summed E-state index contributed by atoms with van der Waals surface area (Å²) in [5.74, 6) is 2.20. The lowest BCUT2D eigenvalue weighted by atomic mass is 10.00. The fourth-order valence-electron chi connectivity index (χ4n) is 4.29. The number of rotatable bonds is 4. The van der Waals surface area contributed by atoms with Crippen molar-refractivity contribution in [3.8, 4) is 11.1 Å². The van der Waals surface area contributed by atoms with Crippen LogP contribution in [0.25, 0.3) is 22.0 Å². The van der Waals surface area contributed by atoms with Crippen molar-refractivity contribution in [2.45, 2.75) is 33.2 Å². The molecule has 3 aromatic heterocycles. The van der Waals surface area contributed by atoms with Crippen LogP contribution >= 0.6 is 0 Å². The summed E-state index contributed by atoms with van der Waals surface area (Å²) in [5, 5.41) is 7.06. The number of hydrogen-bond donors (Lipinski definition) is 2. The van der Waals surface area contributed by atoms with Crippen LogP contribution in [0.15, 0.2) is 48.9 Å². The van der Waals surface area contributed by atoms with Gasteiger partial charge in [0, 0.05) is 55.1 Å². The van der Waals surface area contributed by atoms with Crippen LogP contribution in [0.4, 0.5) is 11.5 Å². The van der Waals surface area contributed by atoms with Gasteiger partial charge >= 0.3 is 0 Å². The second-order valence-electron chi connectivity index (χ2n) is 8.53. The number of hydrogen-bond acceptors (Lipinski definition) is 5. The Bertz CT molecular complexity index is 1330. The van der Waals surface area contributed by atoms with E-state index >= 15 is 0 Å². The van der Waals surface area contributed by atoms with Gasteiger partial charge in [0.1, 0.15) is 17.3 Å². The standard InChI is InChI=1S/C25H26N6O/c1-15-4-7-24-29-13-22(31(24)14-15)25(32)30-19-6-5-16(2)20(9-19)17-8-18-12-28-23(26-3)10-21(18)27-11-17/h5-6,8-13,15H,4,7,14H2,1-3H3,(H,26,28)(H,30,32). The summed E-state index contributed by atoms with van der Waals surface area (Å²) in [7, 11) is 1.84. The van der Waals surface area contributed by atoms with Crippen LogP contribution in [0.3, 0.4) is 0 Å². The Kier molecular flexibility index (Phi) is 5.09. The summed E-state index contributed by atoms with van der Waals surface area (Å²) in [6.07, 6.45) is 7.41. The van der Waals surface area contributed by atoms with Crippen LogP contribution in [0.2, 0.25) is 0 Å². The van der Waals surface area contributed by atoms with E-state index in [1.807, 2.05) is 43.7 Å². The fraction of sp³-hybridized carbons (Fsp3) is 0.280. The van der Waals surface area contributed by atoms with Crippen molar-refractivity contribution >= 4 is 28.3 Å². The highest BCUT2D eigenvalue weighted by Gasteiger charge is 2.22. The van der Waals surface area contributed by atoms with Crippen molar-refractivity contribution in [1.82, 2.24) is 19.5 Å². The minimum atomic E-state index is -0.131. The minimum absolute atomic E-state index is 0.131. The van der Waals surface area contributed by atoms with E-state index < -0.39 is 0 Å². The predicted octanol–water partition coefficient (Wildman–Crippen LogP) is 4.68. The molecule has 2 N–H and O–H groups in total. The molecule has 1 unspecified atom stereocenters. The van der Waals surface area contributed by atoms with E-state index in [1.54, 1.807) is 6.20 Å². The van der Waals surface area contributed by atoms with Crippen LogP contribution in [0, 0.1) is 12.8 Å². The lowest BCUT2D eigenvalue weighted by Gasteiger charge is -2.21. The van der Waals surface area contributed by atoms with Gasteiger partial charge in [-0.2, -0.15) is 0 Å².